The Morgan fingerprint density at radius 1 is 1.06 bits per heavy atom. The first-order valence-electron chi connectivity index (χ1n) is 10.7. The minimum atomic E-state index is -0.909. The van der Waals surface area contributed by atoms with E-state index >= 15 is 0 Å². The van der Waals surface area contributed by atoms with E-state index in [2.05, 4.69) is 25.7 Å². The van der Waals surface area contributed by atoms with Crippen molar-refractivity contribution in [1.29, 1.82) is 0 Å². The molecule has 178 valence electrons. The Morgan fingerprint density at radius 2 is 1.86 bits per heavy atom. The number of aryl methyl sites for hydroxylation is 1. The molecular weight excluding hydrogens is 448 g/mol. The van der Waals surface area contributed by atoms with Crippen LogP contribution in [-0.4, -0.2) is 31.7 Å². The van der Waals surface area contributed by atoms with Crippen molar-refractivity contribution < 1.29 is 14.3 Å². The molecule has 0 aliphatic heterocycles. The second-order valence-electron chi connectivity index (χ2n) is 7.61. The van der Waals surface area contributed by atoms with Crippen LogP contribution in [0.5, 0.6) is 5.75 Å². The van der Waals surface area contributed by atoms with Gasteiger partial charge in [0.25, 0.3) is 0 Å². The number of aromatic nitrogens is 4. The lowest BCUT2D eigenvalue weighted by atomic mass is 10.2. The standard InChI is InChI=1S/C24H24N8O3/c1-16(33)32(20-8-4-3-5-9-20)14-17-12-26-24(29-19-13-27-31(2)15-19)30-22(17)28-18-7-6-10-21(11-18)35-23(25)34/h3-13,15H,14H2,1-2H3,(H2,25,34)(H2,26,28,29,30). The van der Waals surface area contributed by atoms with E-state index in [9.17, 15) is 9.59 Å². The molecule has 11 heteroatoms. The van der Waals surface area contributed by atoms with E-state index in [0.29, 0.717) is 23.0 Å². The van der Waals surface area contributed by atoms with Gasteiger partial charge in [0.1, 0.15) is 11.6 Å². The van der Waals surface area contributed by atoms with Crippen LogP contribution in [0.2, 0.25) is 0 Å². The topological polar surface area (TPSA) is 140 Å². The molecule has 4 rings (SSSR count). The highest BCUT2D eigenvalue weighted by atomic mass is 16.5. The van der Waals surface area contributed by atoms with Crippen molar-refractivity contribution >= 4 is 40.8 Å². The highest BCUT2D eigenvalue weighted by molar-refractivity contribution is 5.91. The first-order chi connectivity index (χ1) is 16.9. The van der Waals surface area contributed by atoms with Gasteiger partial charge in [-0.15, -0.1) is 0 Å². The molecule has 2 amide bonds. The third kappa shape index (κ3) is 6.11. The van der Waals surface area contributed by atoms with E-state index in [1.54, 1.807) is 52.4 Å². The summed E-state index contributed by atoms with van der Waals surface area (Å²) in [4.78, 5) is 34.3. The van der Waals surface area contributed by atoms with Gasteiger partial charge in [-0.3, -0.25) is 9.48 Å². The van der Waals surface area contributed by atoms with Crippen molar-refractivity contribution in [3.63, 3.8) is 0 Å². The molecule has 0 atom stereocenters. The summed E-state index contributed by atoms with van der Waals surface area (Å²) in [5, 5.41) is 10.5. The quantitative estimate of drug-likeness (QED) is 0.353. The van der Waals surface area contributed by atoms with Crippen molar-refractivity contribution in [2.24, 2.45) is 12.8 Å². The second-order valence-corrected chi connectivity index (χ2v) is 7.61. The number of para-hydroxylation sites is 1. The monoisotopic (exact) mass is 472 g/mol. The van der Waals surface area contributed by atoms with Gasteiger partial charge < -0.3 is 26.0 Å². The zero-order valence-corrected chi connectivity index (χ0v) is 19.2. The summed E-state index contributed by atoms with van der Waals surface area (Å²) in [6.45, 7) is 1.73. The number of hydrogen-bond acceptors (Lipinski definition) is 8. The molecule has 2 heterocycles. The molecule has 0 bridgehead atoms. The molecule has 11 nitrogen and oxygen atoms in total. The normalized spacial score (nSPS) is 10.5. The molecule has 0 aliphatic rings. The fourth-order valence-electron chi connectivity index (χ4n) is 3.36. The van der Waals surface area contributed by atoms with Gasteiger partial charge in [-0.25, -0.2) is 9.78 Å². The number of carbonyl (C=O) groups is 2. The zero-order valence-electron chi connectivity index (χ0n) is 19.2. The molecule has 0 aliphatic carbocycles. The Balaban J connectivity index is 1.68. The van der Waals surface area contributed by atoms with Gasteiger partial charge in [0, 0.05) is 49.4 Å². The maximum absolute atomic E-state index is 12.5. The Kier molecular flexibility index (Phi) is 6.86. The van der Waals surface area contributed by atoms with Gasteiger partial charge in [-0.05, 0) is 24.3 Å². The molecule has 0 radical (unpaired) electrons. The van der Waals surface area contributed by atoms with Crippen molar-refractivity contribution in [2.75, 3.05) is 15.5 Å². The number of primary amides is 1. The van der Waals surface area contributed by atoms with Crippen LogP contribution < -0.4 is 26.0 Å². The number of hydrogen-bond donors (Lipinski definition) is 3. The summed E-state index contributed by atoms with van der Waals surface area (Å²) >= 11 is 0. The molecule has 2 aromatic carbocycles. The molecule has 0 unspecified atom stereocenters. The van der Waals surface area contributed by atoms with Crippen molar-refractivity contribution in [3.05, 3.63) is 78.8 Å². The maximum Gasteiger partial charge on any atom is 0.409 e. The van der Waals surface area contributed by atoms with E-state index in [-0.39, 0.29) is 18.2 Å². The Labute approximate surface area is 201 Å². The van der Waals surface area contributed by atoms with Gasteiger partial charge >= 0.3 is 6.09 Å². The summed E-state index contributed by atoms with van der Waals surface area (Å²) in [7, 11) is 1.81. The predicted octanol–water partition coefficient (Wildman–Crippen LogP) is 3.71. The smallest absolute Gasteiger partial charge is 0.409 e. The van der Waals surface area contributed by atoms with Crippen LogP contribution in [0.3, 0.4) is 0 Å². The Hall–Kier alpha value is -4.93. The summed E-state index contributed by atoms with van der Waals surface area (Å²) in [6, 6.07) is 16.1. The van der Waals surface area contributed by atoms with Crippen LogP contribution in [0.4, 0.5) is 33.6 Å². The second kappa shape index (κ2) is 10.3. The average Bonchev–Trinajstić information content (AvgIpc) is 3.23. The van der Waals surface area contributed by atoms with E-state index in [0.717, 1.165) is 11.4 Å². The number of anilines is 5. The molecule has 4 N–H and O–H groups in total. The van der Waals surface area contributed by atoms with E-state index in [1.165, 1.54) is 6.92 Å². The molecular formula is C24H24N8O3. The lowest BCUT2D eigenvalue weighted by Gasteiger charge is -2.23. The van der Waals surface area contributed by atoms with Crippen LogP contribution in [0, 0.1) is 0 Å². The predicted molar refractivity (Wildman–Crippen MR) is 132 cm³/mol. The number of nitrogens with zero attached hydrogens (tertiary/aromatic N) is 5. The number of nitrogens with two attached hydrogens (primary N) is 1. The lowest BCUT2D eigenvalue weighted by Crippen LogP contribution is -2.28. The first-order valence-corrected chi connectivity index (χ1v) is 10.7. The number of benzene rings is 2. The number of ether oxygens (including phenoxy) is 1. The maximum atomic E-state index is 12.5. The first kappa shape index (κ1) is 23.2. The molecule has 0 spiro atoms. The Morgan fingerprint density at radius 3 is 2.54 bits per heavy atom. The van der Waals surface area contributed by atoms with E-state index in [4.69, 9.17) is 10.5 Å². The molecule has 2 aromatic heterocycles. The van der Waals surface area contributed by atoms with Gasteiger partial charge in [0.2, 0.25) is 11.9 Å². The van der Waals surface area contributed by atoms with Crippen molar-refractivity contribution in [2.45, 2.75) is 13.5 Å². The summed E-state index contributed by atoms with van der Waals surface area (Å²) in [5.41, 5.74) is 7.87. The fourth-order valence-corrected chi connectivity index (χ4v) is 3.36. The molecule has 0 saturated carbocycles. The zero-order chi connectivity index (χ0) is 24.8. The average molecular weight is 473 g/mol. The SMILES string of the molecule is CC(=O)N(Cc1cnc(Nc2cnn(C)c2)nc1Nc1cccc(OC(N)=O)c1)c1ccccc1. The molecule has 4 aromatic rings. The third-order valence-electron chi connectivity index (χ3n) is 4.92. The highest BCUT2D eigenvalue weighted by Crippen LogP contribution is 2.26. The summed E-state index contributed by atoms with van der Waals surface area (Å²) in [6.07, 6.45) is 4.19. The van der Waals surface area contributed by atoms with Crippen LogP contribution >= 0.6 is 0 Å². The fraction of sp³-hybridized carbons (Fsp3) is 0.125. The Bertz CT molecular complexity index is 1340. The van der Waals surface area contributed by atoms with Crippen LogP contribution in [0.1, 0.15) is 12.5 Å². The minimum Gasteiger partial charge on any atom is -0.410 e. The van der Waals surface area contributed by atoms with Crippen LogP contribution in [-0.2, 0) is 18.4 Å². The number of nitrogens with one attached hydrogen (secondary N) is 2. The minimum absolute atomic E-state index is 0.128. The van der Waals surface area contributed by atoms with Crippen molar-refractivity contribution in [1.82, 2.24) is 19.7 Å². The van der Waals surface area contributed by atoms with Gasteiger partial charge in [0.15, 0.2) is 0 Å². The third-order valence-corrected chi connectivity index (χ3v) is 4.92. The highest BCUT2D eigenvalue weighted by Gasteiger charge is 2.17. The molecule has 0 saturated heterocycles. The van der Waals surface area contributed by atoms with Crippen LogP contribution in [0.25, 0.3) is 0 Å². The number of amides is 2. The number of rotatable bonds is 8. The largest absolute Gasteiger partial charge is 0.410 e. The summed E-state index contributed by atoms with van der Waals surface area (Å²) < 4.78 is 6.63. The van der Waals surface area contributed by atoms with E-state index < -0.39 is 6.09 Å². The van der Waals surface area contributed by atoms with Gasteiger partial charge in [-0.2, -0.15) is 10.1 Å². The van der Waals surface area contributed by atoms with Crippen molar-refractivity contribution in [3.8, 4) is 5.75 Å². The van der Waals surface area contributed by atoms with Crippen LogP contribution in [0.15, 0.2) is 73.2 Å². The summed E-state index contributed by atoms with van der Waals surface area (Å²) in [5.74, 6) is 0.950. The van der Waals surface area contributed by atoms with Gasteiger partial charge in [-0.1, -0.05) is 24.3 Å². The van der Waals surface area contributed by atoms with E-state index in [1.807, 2.05) is 37.4 Å². The molecule has 35 heavy (non-hydrogen) atoms. The number of carbonyl (C=O) groups excluding carboxylic acids is 2. The molecule has 0 fully saturated rings. The lowest BCUT2D eigenvalue weighted by molar-refractivity contribution is -0.116. The van der Waals surface area contributed by atoms with Gasteiger partial charge in [0.05, 0.1) is 18.4 Å².